The van der Waals surface area contributed by atoms with E-state index < -0.39 is 0 Å². The first-order valence-corrected chi connectivity index (χ1v) is 6.75. The highest BCUT2D eigenvalue weighted by Gasteiger charge is 2.65. The predicted molar refractivity (Wildman–Crippen MR) is 81.1 cm³/mol. The average Bonchev–Trinajstić information content (AvgIpc) is 2.75. The maximum absolute atomic E-state index is 6.01. The second kappa shape index (κ2) is 3.62. The lowest BCUT2D eigenvalue weighted by Crippen LogP contribution is -2.10. The van der Waals surface area contributed by atoms with E-state index >= 15 is 0 Å². The third kappa shape index (κ3) is 1.61. The molecule has 1 heterocycles. The second-order valence-corrected chi connectivity index (χ2v) is 6.62. The molecule has 1 aliphatic carbocycles. The number of nitrogen functional groups attached to an aromatic ring is 1. The molecule has 3 heteroatoms. The number of aromatic nitrogens is 1. The van der Waals surface area contributed by atoms with Gasteiger partial charge in [-0.05, 0) is 35.1 Å². The summed E-state index contributed by atoms with van der Waals surface area (Å²) in [5.41, 5.74) is 9.43. The van der Waals surface area contributed by atoms with Crippen molar-refractivity contribution in [3.63, 3.8) is 0 Å². The van der Waals surface area contributed by atoms with Gasteiger partial charge in [0.1, 0.15) is 0 Å². The number of hydrogen-bond acceptors (Lipinski definition) is 3. The summed E-state index contributed by atoms with van der Waals surface area (Å²) >= 11 is 0. The standard InChI is InChI=1S/C16H21N3/c1-15(2)14(16(15,3)4)19-12-8-7-11(17)10-6-5-9-18-13(10)12/h5-9,14,19H,17H2,1-4H3. The van der Waals surface area contributed by atoms with Crippen molar-refractivity contribution < 1.29 is 0 Å². The largest absolute Gasteiger partial charge is 0.398 e. The second-order valence-electron chi connectivity index (χ2n) is 6.62. The van der Waals surface area contributed by atoms with Crippen LogP contribution < -0.4 is 11.1 Å². The molecule has 2 aromatic rings. The molecule has 1 aliphatic rings. The van der Waals surface area contributed by atoms with Crippen molar-refractivity contribution >= 4 is 22.3 Å². The van der Waals surface area contributed by atoms with Crippen molar-refractivity contribution in [3.8, 4) is 0 Å². The Bertz CT molecular complexity index is 629. The van der Waals surface area contributed by atoms with Gasteiger partial charge >= 0.3 is 0 Å². The van der Waals surface area contributed by atoms with Crippen molar-refractivity contribution in [1.82, 2.24) is 4.98 Å². The van der Waals surface area contributed by atoms with E-state index in [-0.39, 0.29) is 0 Å². The number of fused-ring (bicyclic) bond motifs is 1. The van der Waals surface area contributed by atoms with Crippen LogP contribution in [0, 0.1) is 10.8 Å². The number of nitrogens with one attached hydrogen (secondary N) is 1. The Balaban J connectivity index is 2.02. The minimum Gasteiger partial charge on any atom is -0.398 e. The van der Waals surface area contributed by atoms with Gasteiger partial charge in [0, 0.05) is 23.3 Å². The van der Waals surface area contributed by atoms with Gasteiger partial charge < -0.3 is 11.1 Å². The van der Waals surface area contributed by atoms with Crippen molar-refractivity contribution in [2.75, 3.05) is 11.1 Å². The van der Waals surface area contributed by atoms with E-state index in [0.717, 1.165) is 22.3 Å². The minimum atomic E-state index is 0.301. The number of anilines is 2. The minimum absolute atomic E-state index is 0.301. The highest BCUT2D eigenvalue weighted by molar-refractivity contribution is 5.98. The smallest absolute Gasteiger partial charge is 0.0953 e. The Labute approximate surface area is 114 Å². The maximum Gasteiger partial charge on any atom is 0.0953 e. The molecule has 19 heavy (non-hydrogen) atoms. The van der Waals surface area contributed by atoms with E-state index in [1.165, 1.54) is 0 Å². The SMILES string of the molecule is CC1(C)C(Nc2ccc(N)c3cccnc23)C1(C)C. The molecule has 0 aliphatic heterocycles. The Morgan fingerprint density at radius 2 is 1.79 bits per heavy atom. The quantitative estimate of drug-likeness (QED) is 0.805. The Morgan fingerprint density at radius 3 is 2.42 bits per heavy atom. The van der Waals surface area contributed by atoms with Crippen LogP contribution in [-0.4, -0.2) is 11.0 Å². The summed E-state index contributed by atoms with van der Waals surface area (Å²) in [5.74, 6) is 0. The first-order valence-electron chi connectivity index (χ1n) is 6.75. The molecule has 0 saturated heterocycles. The normalized spacial score (nSPS) is 20.4. The first-order chi connectivity index (χ1) is 8.85. The molecule has 1 aromatic carbocycles. The highest BCUT2D eigenvalue weighted by Crippen LogP contribution is 2.63. The molecule has 0 unspecified atom stereocenters. The summed E-state index contributed by atoms with van der Waals surface area (Å²) in [5, 5.41) is 4.67. The van der Waals surface area contributed by atoms with E-state index in [9.17, 15) is 0 Å². The lowest BCUT2D eigenvalue weighted by Gasteiger charge is -2.12. The highest BCUT2D eigenvalue weighted by atomic mass is 15.1. The molecule has 0 spiro atoms. The Kier molecular flexibility index (Phi) is 2.34. The van der Waals surface area contributed by atoms with Crippen LogP contribution in [0.15, 0.2) is 30.5 Å². The number of nitrogens with two attached hydrogens (primary N) is 1. The Morgan fingerprint density at radius 1 is 1.11 bits per heavy atom. The van der Waals surface area contributed by atoms with Crippen LogP contribution >= 0.6 is 0 Å². The van der Waals surface area contributed by atoms with Crippen LogP contribution in [0.25, 0.3) is 10.9 Å². The molecule has 3 rings (SSSR count). The molecule has 1 fully saturated rings. The summed E-state index contributed by atoms with van der Waals surface area (Å²) in [6.45, 7) is 9.21. The molecule has 0 amide bonds. The van der Waals surface area contributed by atoms with Crippen molar-refractivity contribution in [1.29, 1.82) is 0 Å². The van der Waals surface area contributed by atoms with Gasteiger partial charge in [-0.3, -0.25) is 4.98 Å². The number of benzene rings is 1. The molecule has 0 radical (unpaired) electrons. The monoisotopic (exact) mass is 255 g/mol. The molecular formula is C16H21N3. The fourth-order valence-electron chi connectivity index (χ4n) is 3.02. The van der Waals surface area contributed by atoms with Crippen LogP contribution in [0.2, 0.25) is 0 Å². The van der Waals surface area contributed by atoms with E-state index in [4.69, 9.17) is 5.73 Å². The van der Waals surface area contributed by atoms with Gasteiger partial charge in [0.25, 0.3) is 0 Å². The topological polar surface area (TPSA) is 50.9 Å². The Hall–Kier alpha value is -1.77. The zero-order chi connectivity index (χ0) is 13.8. The third-order valence-corrected chi connectivity index (χ3v) is 5.12. The molecular weight excluding hydrogens is 234 g/mol. The van der Waals surface area contributed by atoms with Crippen molar-refractivity contribution in [3.05, 3.63) is 30.5 Å². The molecule has 0 bridgehead atoms. The third-order valence-electron chi connectivity index (χ3n) is 5.12. The van der Waals surface area contributed by atoms with E-state index in [1.54, 1.807) is 0 Å². The maximum atomic E-state index is 6.01. The summed E-state index contributed by atoms with van der Waals surface area (Å²) in [4.78, 5) is 4.48. The average molecular weight is 255 g/mol. The van der Waals surface area contributed by atoms with Crippen LogP contribution in [0.4, 0.5) is 11.4 Å². The van der Waals surface area contributed by atoms with Crippen LogP contribution in [-0.2, 0) is 0 Å². The molecule has 3 nitrogen and oxygen atoms in total. The lowest BCUT2D eigenvalue weighted by atomic mass is 10.0. The zero-order valence-corrected chi connectivity index (χ0v) is 12.0. The first kappa shape index (κ1) is 12.3. The lowest BCUT2D eigenvalue weighted by molar-refractivity contribution is 0.457. The zero-order valence-electron chi connectivity index (χ0n) is 12.0. The molecule has 1 saturated carbocycles. The van der Waals surface area contributed by atoms with Crippen LogP contribution in [0.3, 0.4) is 0 Å². The van der Waals surface area contributed by atoms with Gasteiger partial charge in [-0.15, -0.1) is 0 Å². The van der Waals surface area contributed by atoms with Crippen molar-refractivity contribution in [2.24, 2.45) is 10.8 Å². The van der Waals surface area contributed by atoms with Crippen LogP contribution in [0.5, 0.6) is 0 Å². The van der Waals surface area contributed by atoms with Crippen LogP contribution in [0.1, 0.15) is 27.7 Å². The van der Waals surface area contributed by atoms with E-state index in [1.807, 2.05) is 30.5 Å². The van der Waals surface area contributed by atoms with Gasteiger partial charge in [0.2, 0.25) is 0 Å². The summed E-state index contributed by atoms with van der Waals surface area (Å²) in [7, 11) is 0. The number of rotatable bonds is 2. The number of hydrogen-bond donors (Lipinski definition) is 2. The number of pyridine rings is 1. The fraction of sp³-hybridized carbons (Fsp3) is 0.438. The van der Waals surface area contributed by atoms with Gasteiger partial charge in [0.15, 0.2) is 0 Å². The summed E-state index contributed by atoms with van der Waals surface area (Å²) in [6.07, 6.45) is 1.82. The van der Waals surface area contributed by atoms with E-state index in [2.05, 4.69) is 38.0 Å². The van der Waals surface area contributed by atoms with Gasteiger partial charge in [-0.2, -0.15) is 0 Å². The van der Waals surface area contributed by atoms with Gasteiger partial charge in [0.05, 0.1) is 11.2 Å². The molecule has 3 N–H and O–H groups in total. The van der Waals surface area contributed by atoms with Crippen molar-refractivity contribution in [2.45, 2.75) is 33.7 Å². The predicted octanol–water partition coefficient (Wildman–Crippen LogP) is 3.66. The molecule has 1 aromatic heterocycles. The summed E-state index contributed by atoms with van der Waals surface area (Å²) in [6, 6.07) is 8.40. The molecule has 0 atom stereocenters. The van der Waals surface area contributed by atoms with E-state index in [0.29, 0.717) is 16.9 Å². The fourth-order valence-corrected chi connectivity index (χ4v) is 3.02. The number of nitrogens with zero attached hydrogens (tertiary/aromatic N) is 1. The molecule has 100 valence electrons. The van der Waals surface area contributed by atoms with Gasteiger partial charge in [-0.25, -0.2) is 0 Å². The summed E-state index contributed by atoms with van der Waals surface area (Å²) < 4.78 is 0. The van der Waals surface area contributed by atoms with Gasteiger partial charge in [-0.1, -0.05) is 27.7 Å².